The van der Waals surface area contributed by atoms with E-state index in [-0.39, 0.29) is 6.54 Å². The van der Waals surface area contributed by atoms with Crippen LogP contribution in [-0.4, -0.2) is 28.2 Å². The quantitative estimate of drug-likeness (QED) is 0.772. The molecule has 0 radical (unpaired) electrons. The number of benzene rings is 1. The Hall–Kier alpha value is -0.440. The van der Waals surface area contributed by atoms with Crippen molar-refractivity contribution in [3.05, 3.63) is 35.4 Å². The molecule has 0 atom stereocenters. The summed E-state index contributed by atoms with van der Waals surface area (Å²) in [6.07, 6.45) is 0.886. The summed E-state index contributed by atoms with van der Waals surface area (Å²) >= 11 is 3.31. The standard InChI is InChI=1S/C10H14BrNO4S2/c1-17(13,14)8-18(15,16)12-7-10-4-2-9(6-11)3-5-10/h2-5,12H,6-8H2,1H3. The Morgan fingerprint density at radius 1 is 1.06 bits per heavy atom. The fourth-order valence-corrected chi connectivity index (χ4v) is 4.61. The molecule has 0 spiro atoms. The van der Waals surface area contributed by atoms with Crippen molar-refractivity contribution < 1.29 is 16.8 Å². The summed E-state index contributed by atoms with van der Waals surface area (Å²) in [6.45, 7) is 0.0837. The van der Waals surface area contributed by atoms with Crippen molar-refractivity contribution in [3.8, 4) is 0 Å². The molecule has 0 aromatic heterocycles. The van der Waals surface area contributed by atoms with E-state index in [0.29, 0.717) is 0 Å². The lowest BCUT2D eigenvalue weighted by Gasteiger charge is -2.06. The van der Waals surface area contributed by atoms with Crippen molar-refractivity contribution in [2.45, 2.75) is 11.9 Å². The second kappa shape index (κ2) is 6.14. The van der Waals surface area contributed by atoms with Crippen LogP contribution in [0.1, 0.15) is 11.1 Å². The highest BCUT2D eigenvalue weighted by atomic mass is 79.9. The average Bonchev–Trinajstić information content (AvgIpc) is 2.24. The first-order valence-electron chi connectivity index (χ1n) is 5.01. The van der Waals surface area contributed by atoms with Gasteiger partial charge in [-0.25, -0.2) is 21.6 Å². The minimum Gasteiger partial charge on any atom is -0.228 e. The van der Waals surface area contributed by atoms with E-state index < -0.39 is 24.9 Å². The van der Waals surface area contributed by atoms with E-state index in [4.69, 9.17) is 0 Å². The molecule has 1 aromatic carbocycles. The first kappa shape index (κ1) is 15.6. The van der Waals surface area contributed by atoms with Gasteiger partial charge in [0.2, 0.25) is 10.0 Å². The molecule has 18 heavy (non-hydrogen) atoms. The van der Waals surface area contributed by atoms with Gasteiger partial charge in [0.15, 0.2) is 14.9 Å². The lowest BCUT2D eigenvalue weighted by Crippen LogP contribution is -2.29. The van der Waals surface area contributed by atoms with Crippen molar-refractivity contribution in [1.82, 2.24) is 4.72 Å². The van der Waals surface area contributed by atoms with Gasteiger partial charge in [-0.3, -0.25) is 0 Å². The highest BCUT2D eigenvalue weighted by Gasteiger charge is 2.17. The van der Waals surface area contributed by atoms with Gasteiger partial charge in [-0.15, -0.1) is 0 Å². The Balaban J connectivity index is 2.64. The van der Waals surface area contributed by atoms with Crippen molar-refractivity contribution >= 4 is 35.8 Å². The highest BCUT2D eigenvalue weighted by Crippen LogP contribution is 2.08. The molecule has 0 heterocycles. The normalized spacial score (nSPS) is 12.6. The number of sulfonamides is 1. The molecule has 1 aromatic rings. The van der Waals surface area contributed by atoms with E-state index in [0.717, 1.165) is 22.7 Å². The summed E-state index contributed by atoms with van der Waals surface area (Å²) in [5.41, 5.74) is 1.86. The molecule has 8 heteroatoms. The van der Waals surface area contributed by atoms with Gasteiger partial charge in [0.1, 0.15) is 0 Å². The monoisotopic (exact) mass is 355 g/mol. The predicted octanol–water partition coefficient (Wildman–Crippen LogP) is 1.00. The summed E-state index contributed by atoms with van der Waals surface area (Å²) in [6, 6.07) is 7.32. The summed E-state index contributed by atoms with van der Waals surface area (Å²) < 4.78 is 47.0. The maximum atomic E-state index is 11.4. The van der Waals surface area contributed by atoms with Crippen molar-refractivity contribution in [2.75, 3.05) is 11.3 Å². The van der Waals surface area contributed by atoms with Gasteiger partial charge < -0.3 is 0 Å². The Kier molecular flexibility index (Phi) is 5.32. The molecule has 0 saturated heterocycles. The zero-order valence-corrected chi connectivity index (χ0v) is 13.0. The van der Waals surface area contributed by atoms with Crippen LogP contribution in [0.4, 0.5) is 0 Å². The molecule has 0 bridgehead atoms. The number of hydrogen-bond donors (Lipinski definition) is 1. The third-order valence-corrected chi connectivity index (χ3v) is 6.23. The highest BCUT2D eigenvalue weighted by molar-refractivity contribution is 9.08. The molecule has 0 saturated carbocycles. The Labute approximate surface area is 116 Å². The van der Waals surface area contributed by atoms with Crippen molar-refractivity contribution in [2.24, 2.45) is 0 Å². The number of sulfone groups is 1. The van der Waals surface area contributed by atoms with Gasteiger partial charge in [0.05, 0.1) is 0 Å². The molecular weight excluding hydrogens is 342 g/mol. The zero-order valence-electron chi connectivity index (χ0n) is 9.76. The van der Waals surface area contributed by atoms with E-state index in [9.17, 15) is 16.8 Å². The van der Waals surface area contributed by atoms with Crippen molar-refractivity contribution in [3.63, 3.8) is 0 Å². The van der Waals surface area contributed by atoms with Gasteiger partial charge in [0.25, 0.3) is 0 Å². The first-order valence-corrected chi connectivity index (χ1v) is 9.84. The fraction of sp³-hybridized carbons (Fsp3) is 0.400. The van der Waals surface area contributed by atoms with E-state index in [1.165, 1.54) is 0 Å². The molecule has 0 fully saturated rings. The molecule has 1 rings (SSSR count). The van der Waals surface area contributed by atoms with Gasteiger partial charge in [-0.2, -0.15) is 0 Å². The Bertz CT molecular complexity index is 593. The third kappa shape index (κ3) is 5.94. The summed E-state index contributed by atoms with van der Waals surface area (Å²) in [5.74, 6) is 0. The summed E-state index contributed by atoms with van der Waals surface area (Å²) in [4.78, 5) is 0. The lowest BCUT2D eigenvalue weighted by molar-refractivity contribution is 0.580. The van der Waals surface area contributed by atoms with Gasteiger partial charge >= 0.3 is 0 Å². The van der Waals surface area contributed by atoms with E-state index in [1.807, 2.05) is 12.1 Å². The van der Waals surface area contributed by atoms with Crippen molar-refractivity contribution in [1.29, 1.82) is 0 Å². The number of halogens is 1. The Morgan fingerprint density at radius 2 is 1.56 bits per heavy atom. The maximum Gasteiger partial charge on any atom is 0.226 e. The number of alkyl halides is 1. The minimum atomic E-state index is -3.80. The topological polar surface area (TPSA) is 80.3 Å². The first-order chi connectivity index (χ1) is 8.22. The van der Waals surface area contributed by atoms with Gasteiger partial charge in [-0.05, 0) is 11.1 Å². The lowest BCUT2D eigenvalue weighted by atomic mass is 10.2. The van der Waals surface area contributed by atoms with E-state index >= 15 is 0 Å². The van der Waals surface area contributed by atoms with Crippen LogP contribution < -0.4 is 4.72 Å². The van der Waals surface area contributed by atoms with Crippen LogP contribution >= 0.6 is 15.9 Å². The number of nitrogens with one attached hydrogen (secondary N) is 1. The number of hydrogen-bond acceptors (Lipinski definition) is 4. The molecule has 5 nitrogen and oxygen atoms in total. The van der Waals surface area contributed by atoms with Crippen LogP contribution in [0.3, 0.4) is 0 Å². The molecule has 0 unspecified atom stereocenters. The van der Waals surface area contributed by atoms with Gasteiger partial charge in [-0.1, -0.05) is 40.2 Å². The molecule has 0 aliphatic rings. The summed E-state index contributed by atoms with van der Waals surface area (Å²) in [5, 5.41) is -0.160. The zero-order chi connectivity index (χ0) is 13.8. The molecule has 0 aliphatic carbocycles. The molecule has 1 N–H and O–H groups in total. The average molecular weight is 356 g/mol. The fourth-order valence-electron chi connectivity index (χ4n) is 1.26. The Morgan fingerprint density at radius 3 is 2.00 bits per heavy atom. The van der Waals surface area contributed by atoms with Crippen LogP contribution in [0, 0.1) is 0 Å². The van der Waals surface area contributed by atoms with Crippen LogP contribution in [-0.2, 0) is 31.7 Å². The van der Waals surface area contributed by atoms with Crippen LogP contribution in [0.15, 0.2) is 24.3 Å². The van der Waals surface area contributed by atoms with E-state index in [1.54, 1.807) is 12.1 Å². The van der Waals surface area contributed by atoms with Crippen LogP contribution in [0.2, 0.25) is 0 Å². The molecule has 0 amide bonds. The summed E-state index contributed by atoms with van der Waals surface area (Å²) in [7, 11) is -7.35. The SMILES string of the molecule is CS(=O)(=O)CS(=O)(=O)NCc1ccc(CBr)cc1. The second-order valence-corrected chi connectivity index (χ2v) is 8.80. The van der Waals surface area contributed by atoms with E-state index in [2.05, 4.69) is 20.7 Å². The third-order valence-electron chi connectivity index (χ3n) is 2.04. The van der Waals surface area contributed by atoms with Gasteiger partial charge in [0, 0.05) is 18.1 Å². The smallest absolute Gasteiger partial charge is 0.226 e. The van der Waals surface area contributed by atoms with Crippen LogP contribution in [0.5, 0.6) is 0 Å². The predicted molar refractivity (Wildman–Crippen MR) is 74.5 cm³/mol. The second-order valence-electron chi connectivity index (χ2n) is 3.93. The molecule has 0 aliphatic heterocycles. The molecule has 102 valence electrons. The largest absolute Gasteiger partial charge is 0.228 e. The number of rotatable bonds is 6. The molecular formula is C10H14BrNO4S2. The maximum absolute atomic E-state index is 11.4. The minimum absolute atomic E-state index is 0.0837. The van der Waals surface area contributed by atoms with Crippen LogP contribution in [0.25, 0.3) is 0 Å².